The number of halogens is 1. The number of hydrogen-bond acceptors (Lipinski definition) is 3. The van der Waals surface area contributed by atoms with E-state index in [1.807, 2.05) is 6.07 Å². The Hall–Kier alpha value is -0.610. The number of benzene rings is 1. The molecule has 1 aliphatic heterocycles. The first-order valence-electron chi connectivity index (χ1n) is 7.08. The molecule has 1 aromatic rings. The molecule has 104 valence electrons. The monoisotopic (exact) mass is 280 g/mol. The molecule has 0 amide bonds. The van der Waals surface area contributed by atoms with Crippen LogP contribution in [0.3, 0.4) is 0 Å². The maximum atomic E-state index is 6.21. The summed E-state index contributed by atoms with van der Waals surface area (Å²) in [6, 6.07) is 6.29. The summed E-state index contributed by atoms with van der Waals surface area (Å²) >= 11 is 6.13. The van der Waals surface area contributed by atoms with Gasteiger partial charge in [-0.05, 0) is 42.5 Å². The fourth-order valence-electron chi connectivity index (χ4n) is 3.59. The molecule has 0 aromatic heterocycles. The number of aryl methyl sites for hydroxylation is 1. The third kappa shape index (κ3) is 2.29. The Balaban J connectivity index is 2.02. The van der Waals surface area contributed by atoms with Crippen molar-refractivity contribution in [3.8, 4) is 0 Å². The van der Waals surface area contributed by atoms with Gasteiger partial charge in [0.05, 0.1) is 18.8 Å². The second-order valence-electron chi connectivity index (χ2n) is 5.49. The lowest BCUT2D eigenvalue weighted by Crippen LogP contribution is -2.56. The molecule has 3 rings (SSSR count). The lowest BCUT2D eigenvalue weighted by atomic mass is 9.75. The molecular formula is C15H21ClN2O. The van der Waals surface area contributed by atoms with Crippen molar-refractivity contribution in [3.05, 3.63) is 34.3 Å². The highest BCUT2D eigenvalue weighted by atomic mass is 35.5. The standard InChI is InChI=1S/C15H21ClN2O/c16-13-3-4-14-12(10-13)2-1-5-15(14,11-17)18-6-8-19-9-7-18/h3-4,10H,1-2,5-9,11,17H2. The summed E-state index contributed by atoms with van der Waals surface area (Å²) in [6.07, 6.45) is 3.43. The number of hydrogen-bond donors (Lipinski definition) is 1. The molecule has 1 heterocycles. The average molecular weight is 281 g/mol. The zero-order chi connectivity index (χ0) is 13.3. The van der Waals surface area contributed by atoms with Crippen LogP contribution in [0, 0.1) is 0 Å². The Bertz CT molecular complexity index is 459. The van der Waals surface area contributed by atoms with Crippen LogP contribution in [0.25, 0.3) is 0 Å². The minimum absolute atomic E-state index is 0.0120. The van der Waals surface area contributed by atoms with Crippen LogP contribution in [0.5, 0.6) is 0 Å². The van der Waals surface area contributed by atoms with Gasteiger partial charge in [0.1, 0.15) is 0 Å². The molecule has 1 aromatic carbocycles. The first-order valence-corrected chi connectivity index (χ1v) is 7.46. The van der Waals surface area contributed by atoms with E-state index in [1.54, 1.807) is 0 Å². The van der Waals surface area contributed by atoms with E-state index in [0.29, 0.717) is 6.54 Å². The van der Waals surface area contributed by atoms with Crippen molar-refractivity contribution >= 4 is 11.6 Å². The molecule has 3 nitrogen and oxygen atoms in total. The highest BCUT2D eigenvalue weighted by Gasteiger charge is 2.41. The van der Waals surface area contributed by atoms with Crippen LogP contribution in [0.4, 0.5) is 0 Å². The van der Waals surface area contributed by atoms with Crippen molar-refractivity contribution in [1.29, 1.82) is 0 Å². The van der Waals surface area contributed by atoms with E-state index >= 15 is 0 Å². The predicted molar refractivity (Wildman–Crippen MR) is 77.5 cm³/mol. The highest BCUT2D eigenvalue weighted by molar-refractivity contribution is 6.30. The van der Waals surface area contributed by atoms with Crippen molar-refractivity contribution < 1.29 is 4.74 Å². The summed E-state index contributed by atoms with van der Waals surface area (Å²) in [5.41, 5.74) is 8.95. The second-order valence-corrected chi connectivity index (χ2v) is 5.93. The molecule has 1 atom stereocenters. The largest absolute Gasteiger partial charge is 0.379 e. The number of nitrogens with zero attached hydrogens (tertiary/aromatic N) is 1. The normalized spacial score (nSPS) is 28.1. The van der Waals surface area contributed by atoms with Gasteiger partial charge < -0.3 is 10.5 Å². The zero-order valence-electron chi connectivity index (χ0n) is 11.2. The molecule has 1 saturated heterocycles. The zero-order valence-corrected chi connectivity index (χ0v) is 12.0. The first kappa shape index (κ1) is 13.4. The highest BCUT2D eigenvalue weighted by Crippen LogP contribution is 2.40. The smallest absolute Gasteiger partial charge is 0.0594 e. The fraction of sp³-hybridized carbons (Fsp3) is 0.600. The molecule has 0 bridgehead atoms. The minimum atomic E-state index is -0.0120. The molecule has 0 saturated carbocycles. The van der Waals surface area contributed by atoms with Gasteiger partial charge in [-0.15, -0.1) is 0 Å². The fourth-order valence-corrected chi connectivity index (χ4v) is 3.78. The SMILES string of the molecule is NCC1(N2CCOCC2)CCCc2cc(Cl)ccc21. The van der Waals surface area contributed by atoms with Gasteiger partial charge in [-0.25, -0.2) is 0 Å². The predicted octanol–water partition coefficient (Wildman–Crippen LogP) is 2.16. The molecule has 1 unspecified atom stereocenters. The van der Waals surface area contributed by atoms with Crippen LogP contribution in [-0.4, -0.2) is 37.7 Å². The van der Waals surface area contributed by atoms with Crippen molar-refractivity contribution in [2.75, 3.05) is 32.8 Å². The van der Waals surface area contributed by atoms with Crippen LogP contribution in [0.2, 0.25) is 5.02 Å². The maximum Gasteiger partial charge on any atom is 0.0594 e. The van der Waals surface area contributed by atoms with Gasteiger partial charge in [-0.1, -0.05) is 17.7 Å². The molecular weight excluding hydrogens is 260 g/mol. The van der Waals surface area contributed by atoms with E-state index in [2.05, 4.69) is 17.0 Å². The van der Waals surface area contributed by atoms with Crippen LogP contribution in [0.1, 0.15) is 24.0 Å². The quantitative estimate of drug-likeness (QED) is 0.902. The van der Waals surface area contributed by atoms with Crippen molar-refractivity contribution in [3.63, 3.8) is 0 Å². The van der Waals surface area contributed by atoms with Crippen molar-refractivity contribution in [2.24, 2.45) is 5.73 Å². The van der Waals surface area contributed by atoms with Gasteiger partial charge in [0.15, 0.2) is 0 Å². The summed E-state index contributed by atoms with van der Waals surface area (Å²) in [5, 5.41) is 0.827. The Labute approximate surface area is 119 Å². The van der Waals surface area contributed by atoms with Crippen LogP contribution >= 0.6 is 11.6 Å². The lowest BCUT2D eigenvalue weighted by molar-refractivity contribution is -0.0286. The van der Waals surface area contributed by atoms with Gasteiger partial charge in [0.25, 0.3) is 0 Å². The van der Waals surface area contributed by atoms with E-state index in [1.165, 1.54) is 17.5 Å². The van der Waals surface area contributed by atoms with E-state index in [9.17, 15) is 0 Å². The topological polar surface area (TPSA) is 38.5 Å². The van der Waals surface area contributed by atoms with E-state index in [0.717, 1.165) is 44.2 Å². The van der Waals surface area contributed by atoms with Gasteiger partial charge in [-0.2, -0.15) is 0 Å². The molecule has 4 heteroatoms. The maximum absolute atomic E-state index is 6.21. The Morgan fingerprint density at radius 2 is 2.11 bits per heavy atom. The molecule has 2 N–H and O–H groups in total. The van der Waals surface area contributed by atoms with Crippen LogP contribution in [0.15, 0.2) is 18.2 Å². The molecule has 1 fully saturated rings. The summed E-state index contributed by atoms with van der Waals surface area (Å²) in [6.45, 7) is 4.23. The number of fused-ring (bicyclic) bond motifs is 1. The van der Waals surface area contributed by atoms with Gasteiger partial charge in [0, 0.05) is 24.7 Å². The Morgan fingerprint density at radius 1 is 1.32 bits per heavy atom. The lowest BCUT2D eigenvalue weighted by Gasteiger charge is -2.48. The second kappa shape index (κ2) is 5.41. The summed E-state index contributed by atoms with van der Waals surface area (Å²) in [4.78, 5) is 2.52. The minimum Gasteiger partial charge on any atom is -0.379 e. The van der Waals surface area contributed by atoms with Crippen LogP contribution < -0.4 is 5.73 Å². The first-order chi connectivity index (χ1) is 9.26. The number of ether oxygens (including phenoxy) is 1. The molecule has 0 spiro atoms. The van der Waals surface area contributed by atoms with E-state index in [4.69, 9.17) is 22.1 Å². The summed E-state index contributed by atoms with van der Waals surface area (Å²) < 4.78 is 5.48. The summed E-state index contributed by atoms with van der Waals surface area (Å²) in [7, 11) is 0. The van der Waals surface area contributed by atoms with Crippen molar-refractivity contribution in [2.45, 2.75) is 24.8 Å². The molecule has 2 aliphatic rings. The number of rotatable bonds is 2. The summed E-state index contributed by atoms with van der Waals surface area (Å²) in [5.74, 6) is 0. The Kier molecular flexibility index (Phi) is 3.81. The van der Waals surface area contributed by atoms with Crippen LogP contribution in [-0.2, 0) is 16.7 Å². The van der Waals surface area contributed by atoms with Crippen molar-refractivity contribution in [1.82, 2.24) is 4.90 Å². The number of nitrogens with two attached hydrogens (primary N) is 1. The van der Waals surface area contributed by atoms with Gasteiger partial charge in [-0.3, -0.25) is 4.90 Å². The molecule has 19 heavy (non-hydrogen) atoms. The van der Waals surface area contributed by atoms with E-state index in [-0.39, 0.29) is 5.54 Å². The third-order valence-electron chi connectivity index (χ3n) is 4.56. The molecule has 1 aliphatic carbocycles. The molecule has 0 radical (unpaired) electrons. The number of morpholine rings is 1. The van der Waals surface area contributed by atoms with Gasteiger partial charge >= 0.3 is 0 Å². The third-order valence-corrected chi connectivity index (χ3v) is 4.79. The Morgan fingerprint density at radius 3 is 2.84 bits per heavy atom. The van der Waals surface area contributed by atoms with Gasteiger partial charge in [0.2, 0.25) is 0 Å². The van der Waals surface area contributed by atoms with E-state index < -0.39 is 0 Å². The average Bonchev–Trinajstić information content (AvgIpc) is 2.47.